The number of hydrazine groups is 1. The first kappa shape index (κ1) is 10.3. The van der Waals surface area contributed by atoms with E-state index in [9.17, 15) is 4.79 Å². The van der Waals surface area contributed by atoms with Crippen molar-refractivity contribution in [2.45, 2.75) is 19.4 Å². The van der Waals surface area contributed by atoms with Gasteiger partial charge in [-0.25, -0.2) is 0 Å². The molecular weight excluding hydrogens is 203 g/mol. The van der Waals surface area contributed by atoms with E-state index in [1.165, 1.54) is 0 Å². The van der Waals surface area contributed by atoms with Crippen LogP contribution in [0.2, 0.25) is 0 Å². The molecule has 1 unspecified atom stereocenters. The summed E-state index contributed by atoms with van der Waals surface area (Å²) < 4.78 is 1.87. The van der Waals surface area contributed by atoms with Crippen LogP contribution in [-0.2, 0) is 21.8 Å². The molecule has 0 bridgehead atoms. The number of hydrogen-bond donors (Lipinski definition) is 1. The van der Waals surface area contributed by atoms with Crippen LogP contribution >= 0.6 is 0 Å². The summed E-state index contributed by atoms with van der Waals surface area (Å²) in [6.07, 6.45) is 9.01. The standard InChI is InChI=1S/C9H11N2O.V/c1-3-4-5-6-11-8(2)7-9(12)10-11;/h1,3-5,8H,7H2,2H3,(H,10,12);/q-1;/b4-3-;. The minimum atomic E-state index is 0.0519. The molecule has 1 aliphatic rings. The third-order valence-electron chi connectivity index (χ3n) is 1.67. The van der Waals surface area contributed by atoms with Gasteiger partial charge in [0.25, 0.3) is 0 Å². The number of hydrogen-bond acceptors (Lipinski definition) is 2. The van der Waals surface area contributed by atoms with E-state index in [0.717, 1.165) is 0 Å². The molecule has 0 aromatic rings. The van der Waals surface area contributed by atoms with Crippen molar-refractivity contribution in [3.05, 3.63) is 24.4 Å². The SMILES string of the molecule is CC1CC(=O)NN1[C-]=C/C=C\[CH]=[V]. The fourth-order valence-corrected chi connectivity index (χ4v) is 1.19. The van der Waals surface area contributed by atoms with E-state index in [4.69, 9.17) is 0 Å². The van der Waals surface area contributed by atoms with Gasteiger partial charge in [-0.3, -0.25) is 0 Å². The molecule has 0 aromatic carbocycles. The number of rotatable bonds is 3. The summed E-state index contributed by atoms with van der Waals surface area (Å²) in [5, 5.41) is 1.69. The molecule has 3 nitrogen and oxygen atoms in total. The van der Waals surface area contributed by atoms with E-state index in [1.807, 2.05) is 23.8 Å². The summed E-state index contributed by atoms with van der Waals surface area (Å²) >= 11 is 2.35. The van der Waals surface area contributed by atoms with E-state index >= 15 is 0 Å². The van der Waals surface area contributed by atoms with Crippen molar-refractivity contribution in [2.75, 3.05) is 0 Å². The second kappa shape index (κ2) is 5.05. The van der Waals surface area contributed by atoms with E-state index in [-0.39, 0.29) is 11.9 Å². The van der Waals surface area contributed by atoms with Crippen LogP contribution in [0.15, 0.2) is 18.2 Å². The van der Waals surface area contributed by atoms with Crippen molar-refractivity contribution in [1.29, 1.82) is 0 Å². The third-order valence-corrected chi connectivity index (χ3v) is 1.94. The molecule has 1 N–H and O–H groups in total. The predicted octanol–water partition coefficient (Wildman–Crippen LogP) is 0.334. The molecule has 0 saturated carbocycles. The second-order valence-electron chi connectivity index (χ2n) is 2.79. The van der Waals surface area contributed by atoms with Crippen LogP contribution in [-0.4, -0.2) is 21.7 Å². The van der Waals surface area contributed by atoms with Gasteiger partial charge in [0.05, 0.1) is 0 Å². The number of nitrogens with zero attached hydrogens (tertiary/aromatic N) is 1. The number of carbonyl (C=O) groups excluding carboxylic acids is 1. The zero-order valence-electron chi connectivity index (χ0n) is 7.40. The molecular formula is C9H11N2OV-. The first-order valence-corrected chi connectivity index (χ1v) is 4.85. The summed E-state index contributed by atoms with van der Waals surface area (Å²) in [6, 6.07) is 0.193. The van der Waals surface area contributed by atoms with E-state index in [0.29, 0.717) is 6.42 Å². The Morgan fingerprint density at radius 2 is 2.46 bits per heavy atom. The van der Waals surface area contributed by atoms with Crippen molar-refractivity contribution in [3.63, 3.8) is 0 Å². The molecule has 4 heteroatoms. The van der Waals surface area contributed by atoms with Gasteiger partial charge in [0.1, 0.15) is 0 Å². The summed E-state index contributed by atoms with van der Waals surface area (Å²) in [7, 11) is 0. The van der Waals surface area contributed by atoms with Gasteiger partial charge in [-0.2, -0.15) is 0 Å². The van der Waals surface area contributed by atoms with Crippen molar-refractivity contribution < 1.29 is 21.8 Å². The van der Waals surface area contributed by atoms with Gasteiger partial charge in [0.2, 0.25) is 0 Å². The molecule has 1 heterocycles. The zero-order chi connectivity index (χ0) is 9.68. The maximum atomic E-state index is 10.9. The molecule has 1 atom stereocenters. The van der Waals surface area contributed by atoms with Gasteiger partial charge in [0, 0.05) is 0 Å². The Morgan fingerprint density at radius 1 is 1.69 bits per heavy atom. The molecule has 1 saturated heterocycles. The normalized spacial score (nSPS) is 22.9. The van der Waals surface area contributed by atoms with Gasteiger partial charge in [-0.05, 0) is 0 Å². The number of carbonyl (C=O) groups is 1. The fraction of sp³-hybridized carbons (Fsp3) is 0.333. The molecule has 69 valence electrons. The van der Waals surface area contributed by atoms with Crippen LogP contribution in [0.1, 0.15) is 13.3 Å². The summed E-state index contributed by atoms with van der Waals surface area (Å²) in [5.41, 5.74) is 2.68. The Balaban J connectivity index is 2.45. The molecule has 1 aliphatic heterocycles. The van der Waals surface area contributed by atoms with Crippen LogP contribution in [0.4, 0.5) is 0 Å². The molecule has 0 aromatic heterocycles. The Hall–Kier alpha value is -0.796. The number of amides is 1. The second-order valence-corrected chi connectivity index (χ2v) is 3.25. The van der Waals surface area contributed by atoms with Crippen molar-refractivity contribution >= 4 is 10.6 Å². The van der Waals surface area contributed by atoms with Gasteiger partial charge >= 0.3 is 86.7 Å². The Bertz CT molecular complexity index is 260. The zero-order valence-corrected chi connectivity index (χ0v) is 8.79. The molecule has 1 amide bonds. The van der Waals surface area contributed by atoms with Crippen LogP contribution in [0.5, 0.6) is 0 Å². The Kier molecular flexibility index (Phi) is 3.99. The Morgan fingerprint density at radius 3 is 3.00 bits per heavy atom. The van der Waals surface area contributed by atoms with Crippen LogP contribution < -0.4 is 5.43 Å². The minimum absolute atomic E-state index is 0.0519. The first-order chi connectivity index (χ1) is 6.24. The number of nitrogens with one attached hydrogen (secondary N) is 1. The average molecular weight is 214 g/mol. The summed E-state index contributed by atoms with van der Waals surface area (Å²) in [4.78, 5) is 10.9. The van der Waals surface area contributed by atoms with Gasteiger partial charge in [-0.1, -0.05) is 0 Å². The monoisotopic (exact) mass is 214 g/mol. The van der Waals surface area contributed by atoms with Gasteiger partial charge in [-0.15, -0.1) is 0 Å². The molecule has 13 heavy (non-hydrogen) atoms. The van der Waals surface area contributed by atoms with Gasteiger partial charge < -0.3 is 0 Å². The van der Waals surface area contributed by atoms with Crippen LogP contribution in [0.25, 0.3) is 0 Å². The van der Waals surface area contributed by atoms with Crippen molar-refractivity contribution in [2.24, 2.45) is 0 Å². The summed E-state index contributed by atoms with van der Waals surface area (Å²) in [6.45, 7) is 1.98. The molecule has 1 fully saturated rings. The topological polar surface area (TPSA) is 32.3 Å². The van der Waals surface area contributed by atoms with Gasteiger partial charge in [0.15, 0.2) is 0 Å². The quantitative estimate of drug-likeness (QED) is 0.542. The summed E-state index contributed by atoms with van der Waals surface area (Å²) in [5.74, 6) is 0.0519. The molecule has 1 rings (SSSR count). The first-order valence-electron chi connectivity index (χ1n) is 4.05. The fourth-order valence-electron chi connectivity index (χ4n) is 1.04. The third kappa shape index (κ3) is 3.21. The molecule has 0 radical (unpaired) electrons. The van der Waals surface area contributed by atoms with E-state index in [1.54, 1.807) is 11.1 Å². The van der Waals surface area contributed by atoms with Crippen molar-refractivity contribution in [1.82, 2.24) is 10.4 Å². The predicted molar refractivity (Wildman–Crippen MR) is 47.1 cm³/mol. The van der Waals surface area contributed by atoms with Crippen LogP contribution in [0, 0.1) is 6.20 Å². The maximum absolute atomic E-state index is 10.9. The van der Waals surface area contributed by atoms with Crippen LogP contribution in [0.3, 0.4) is 0 Å². The molecule has 0 aliphatic carbocycles. The van der Waals surface area contributed by atoms with E-state index < -0.39 is 0 Å². The number of allylic oxidation sites excluding steroid dienone is 3. The van der Waals surface area contributed by atoms with Crippen molar-refractivity contribution in [3.8, 4) is 0 Å². The average Bonchev–Trinajstić information content (AvgIpc) is 2.39. The van der Waals surface area contributed by atoms with E-state index in [2.05, 4.69) is 28.6 Å². The Labute approximate surface area is 87.0 Å². The molecule has 0 spiro atoms.